The number of benzene rings is 1. The molecule has 2 aromatic heterocycles. The van der Waals surface area contributed by atoms with E-state index in [1.807, 2.05) is 49.2 Å². The number of amides is 1. The van der Waals surface area contributed by atoms with Crippen LogP contribution in [0.2, 0.25) is 0 Å². The molecule has 1 aliphatic rings. The Morgan fingerprint density at radius 2 is 2.15 bits per heavy atom. The second-order valence-corrected chi connectivity index (χ2v) is 7.25. The maximum atomic E-state index is 13.4. The third-order valence-corrected chi connectivity index (χ3v) is 5.23. The van der Waals surface area contributed by atoms with Gasteiger partial charge >= 0.3 is 0 Å². The smallest absolute Gasteiger partial charge is 0.290 e. The van der Waals surface area contributed by atoms with Gasteiger partial charge in [-0.15, -0.1) is 0 Å². The molecule has 0 N–H and O–H groups in total. The number of carbonyl (C=O) groups is 1. The van der Waals surface area contributed by atoms with Gasteiger partial charge in [0.2, 0.25) is 0 Å². The maximum Gasteiger partial charge on any atom is 0.290 e. The van der Waals surface area contributed by atoms with Gasteiger partial charge in [0.1, 0.15) is 0 Å². The lowest BCUT2D eigenvalue weighted by molar-refractivity contribution is 0.0545. The molecule has 0 aliphatic heterocycles. The van der Waals surface area contributed by atoms with Crippen LogP contribution in [0.4, 0.5) is 0 Å². The van der Waals surface area contributed by atoms with Crippen molar-refractivity contribution in [3.63, 3.8) is 0 Å². The van der Waals surface area contributed by atoms with Crippen LogP contribution in [0.5, 0.6) is 5.75 Å². The molecule has 27 heavy (non-hydrogen) atoms. The average molecular weight is 364 g/mol. The topological polar surface area (TPSA) is 55.6 Å². The minimum absolute atomic E-state index is 0.0300. The first kappa shape index (κ1) is 17.6. The normalized spacial score (nSPS) is 16.4. The molecule has 0 bridgehead atoms. The van der Waals surface area contributed by atoms with E-state index in [9.17, 15) is 4.79 Å². The summed E-state index contributed by atoms with van der Waals surface area (Å²) < 4.78 is 11.3. The number of ether oxygens (including phenoxy) is 1. The van der Waals surface area contributed by atoms with Crippen molar-refractivity contribution in [3.8, 4) is 5.75 Å². The molecule has 0 radical (unpaired) electrons. The lowest BCUT2D eigenvalue weighted by Crippen LogP contribution is -2.41. The fourth-order valence-electron chi connectivity index (χ4n) is 4.02. The zero-order chi connectivity index (χ0) is 19.0. The maximum absolute atomic E-state index is 13.4. The van der Waals surface area contributed by atoms with E-state index in [0.717, 1.165) is 30.3 Å². The molecular formula is C22H24N2O3. The van der Waals surface area contributed by atoms with Crippen molar-refractivity contribution in [2.45, 2.75) is 45.2 Å². The van der Waals surface area contributed by atoms with Crippen molar-refractivity contribution in [2.24, 2.45) is 0 Å². The molecule has 1 aromatic carbocycles. The van der Waals surface area contributed by atoms with E-state index < -0.39 is 0 Å². The Kier molecular flexibility index (Phi) is 4.60. The number of para-hydroxylation sites is 1. The molecular weight excluding hydrogens is 340 g/mol. The summed E-state index contributed by atoms with van der Waals surface area (Å²) in [5.74, 6) is 0.866. The minimum Gasteiger partial charge on any atom is -0.493 e. The van der Waals surface area contributed by atoms with Crippen LogP contribution < -0.4 is 4.74 Å². The van der Waals surface area contributed by atoms with Crippen LogP contribution in [0.15, 0.2) is 47.0 Å². The van der Waals surface area contributed by atoms with Crippen molar-refractivity contribution in [1.29, 1.82) is 0 Å². The molecule has 0 fully saturated rings. The third-order valence-electron chi connectivity index (χ3n) is 5.23. The summed E-state index contributed by atoms with van der Waals surface area (Å²) >= 11 is 0. The Balaban J connectivity index is 1.74. The van der Waals surface area contributed by atoms with Gasteiger partial charge in [-0.05, 0) is 56.9 Å². The van der Waals surface area contributed by atoms with Gasteiger partial charge < -0.3 is 14.1 Å². The van der Waals surface area contributed by atoms with Crippen molar-refractivity contribution in [3.05, 3.63) is 59.6 Å². The van der Waals surface area contributed by atoms with Crippen molar-refractivity contribution < 1.29 is 13.9 Å². The lowest BCUT2D eigenvalue weighted by Gasteiger charge is -2.37. The number of hydrogen-bond donors (Lipinski definition) is 0. The molecule has 5 nitrogen and oxygen atoms in total. The van der Waals surface area contributed by atoms with Crippen LogP contribution in [-0.4, -0.2) is 28.9 Å². The number of aryl methyl sites for hydroxylation is 1. The Labute approximate surface area is 158 Å². The molecule has 0 spiro atoms. The van der Waals surface area contributed by atoms with Gasteiger partial charge in [-0.1, -0.05) is 18.2 Å². The van der Waals surface area contributed by atoms with E-state index in [1.54, 1.807) is 13.2 Å². The highest BCUT2D eigenvalue weighted by Crippen LogP contribution is 2.36. The summed E-state index contributed by atoms with van der Waals surface area (Å²) in [6.45, 7) is 4.08. The van der Waals surface area contributed by atoms with E-state index in [-0.39, 0.29) is 18.0 Å². The highest BCUT2D eigenvalue weighted by Gasteiger charge is 2.34. The zero-order valence-corrected chi connectivity index (χ0v) is 15.9. The number of methoxy groups -OCH3 is 1. The van der Waals surface area contributed by atoms with Gasteiger partial charge in [-0.2, -0.15) is 0 Å². The lowest BCUT2D eigenvalue weighted by atomic mass is 9.90. The molecule has 2 heterocycles. The highest BCUT2D eigenvalue weighted by atomic mass is 16.5. The molecule has 4 rings (SSSR count). The first-order valence-corrected chi connectivity index (χ1v) is 9.43. The van der Waals surface area contributed by atoms with Gasteiger partial charge in [0.05, 0.1) is 18.8 Å². The van der Waals surface area contributed by atoms with Crippen molar-refractivity contribution in [2.75, 3.05) is 7.11 Å². The minimum atomic E-state index is -0.105. The van der Waals surface area contributed by atoms with E-state index in [1.165, 1.54) is 5.56 Å². The number of carbonyl (C=O) groups excluding carboxylic acids is 1. The van der Waals surface area contributed by atoms with Crippen LogP contribution in [0.1, 0.15) is 54.5 Å². The molecule has 0 saturated carbocycles. The van der Waals surface area contributed by atoms with E-state index >= 15 is 0 Å². The van der Waals surface area contributed by atoms with E-state index in [4.69, 9.17) is 9.15 Å². The number of aromatic nitrogens is 1. The first-order valence-electron chi connectivity index (χ1n) is 9.43. The van der Waals surface area contributed by atoms with Crippen LogP contribution in [0.3, 0.4) is 0 Å². The van der Waals surface area contributed by atoms with Gasteiger partial charge in [-0.25, -0.2) is 0 Å². The Hall–Kier alpha value is -2.82. The van der Waals surface area contributed by atoms with Gasteiger partial charge in [0, 0.05) is 17.6 Å². The SMILES string of the molecule is COc1cccc2cc(C(=O)N(C(C)C)C3CCCc4cccnc43)oc12. The Bertz CT molecular complexity index is 977. The summed E-state index contributed by atoms with van der Waals surface area (Å²) in [6.07, 6.45) is 4.79. The predicted molar refractivity (Wildman–Crippen MR) is 104 cm³/mol. The number of fused-ring (bicyclic) bond motifs is 2. The summed E-state index contributed by atoms with van der Waals surface area (Å²) in [6, 6.07) is 11.5. The molecule has 1 unspecified atom stereocenters. The summed E-state index contributed by atoms with van der Waals surface area (Å²) in [4.78, 5) is 19.9. The van der Waals surface area contributed by atoms with Gasteiger partial charge in [-0.3, -0.25) is 9.78 Å². The largest absolute Gasteiger partial charge is 0.493 e. The first-order chi connectivity index (χ1) is 13.1. The summed E-state index contributed by atoms with van der Waals surface area (Å²) in [5, 5.41) is 0.864. The molecule has 3 aromatic rings. The van der Waals surface area contributed by atoms with Crippen LogP contribution >= 0.6 is 0 Å². The zero-order valence-electron chi connectivity index (χ0n) is 15.9. The number of furan rings is 1. The average Bonchev–Trinajstić information content (AvgIpc) is 3.12. The second-order valence-electron chi connectivity index (χ2n) is 7.25. The molecule has 1 amide bonds. The predicted octanol–water partition coefficient (Wildman–Crippen LogP) is 4.76. The fraction of sp³-hybridized carbons (Fsp3) is 0.364. The second kappa shape index (κ2) is 7.06. The van der Waals surface area contributed by atoms with Crippen LogP contribution in [0, 0.1) is 0 Å². The number of hydrogen-bond acceptors (Lipinski definition) is 4. The van der Waals surface area contributed by atoms with Gasteiger partial charge in [0.25, 0.3) is 5.91 Å². The molecule has 0 saturated heterocycles. The number of nitrogens with zero attached hydrogens (tertiary/aromatic N) is 2. The van der Waals surface area contributed by atoms with Crippen LogP contribution in [-0.2, 0) is 6.42 Å². The van der Waals surface area contributed by atoms with E-state index in [0.29, 0.717) is 17.1 Å². The Morgan fingerprint density at radius 3 is 2.93 bits per heavy atom. The van der Waals surface area contributed by atoms with Crippen molar-refractivity contribution in [1.82, 2.24) is 9.88 Å². The van der Waals surface area contributed by atoms with E-state index in [2.05, 4.69) is 11.1 Å². The summed E-state index contributed by atoms with van der Waals surface area (Å²) in [7, 11) is 1.60. The van der Waals surface area contributed by atoms with Crippen LogP contribution in [0.25, 0.3) is 11.0 Å². The van der Waals surface area contributed by atoms with Crippen molar-refractivity contribution >= 4 is 16.9 Å². The Morgan fingerprint density at radius 1 is 1.30 bits per heavy atom. The third kappa shape index (κ3) is 3.07. The quantitative estimate of drug-likeness (QED) is 0.669. The number of pyridine rings is 1. The fourth-order valence-corrected chi connectivity index (χ4v) is 4.02. The monoisotopic (exact) mass is 364 g/mol. The standard InChI is InChI=1S/C22H24N2O3/c1-14(2)24(17-10-4-7-15-9-6-12-23-20(15)17)22(25)19-13-16-8-5-11-18(26-3)21(16)27-19/h5-6,8-9,11-14,17H,4,7,10H2,1-3H3. The molecule has 5 heteroatoms. The van der Waals surface area contributed by atoms with Gasteiger partial charge in [0.15, 0.2) is 17.1 Å². The highest BCUT2D eigenvalue weighted by molar-refractivity contribution is 5.97. The summed E-state index contributed by atoms with van der Waals surface area (Å²) in [5.41, 5.74) is 2.85. The molecule has 1 atom stereocenters. The molecule has 1 aliphatic carbocycles. The number of rotatable bonds is 4. The molecule has 140 valence electrons.